The van der Waals surface area contributed by atoms with E-state index in [4.69, 9.17) is 0 Å². The Morgan fingerprint density at radius 3 is 1.02 bits per heavy atom. The second-order valence-corrected chi connectivity index (χ2v) is 8.84. The third kappa shape index (κ3) is 4.82. The van der Waals surface area contributed by atoms with Gasteiger partial charge in [-0.1, -0.05) is 6.58 Å². The van der Waals surface area contributed by atoms with Crippen molar-refractivity contribution in [3.63, 3.8) is 0 Å². The average molecular weight is 692 g/mol. The van der Waals surface area contributed by atoms with Crippen LogP contribution in [0.2, 0.25) is 0 Å². The highest BCUT2D eigenvalue weighted by Gasteiger charge is 2.45. The molecule has 0 spiro atoms. The van der Waals surface area contributed by atoms with Crippen LogP contribution in [-0.2, 0) is 9.59 Å². The summed E-state index contributed by atoms with van der Waals surface area (Å²) in [4.78, 5) is 22.6. The number of fused-ring (bicyclic) bond motifs is 5. The van der Waals surface area contributed by atoms with Crippen molar-refractivity contribution >= 4 is 61.8 Å². The standard InChI is InChI=1S/C25H2F18O3/c1-2(23(35,36)37)10(26)7-11(27)3-4(12(7)28)6-14(30)9(18(34)22(45)25(41,42)43)16(32)20(6)46-19-5(3)13(29)8(15(19)31)17(33)21(44)24(38,39)40/h1H2/b10-7-,17-8+,18-9-. The van der Waals surface area contributed by atoms with Crippen LogP contribution in [0.4, 0.5) is 79.0 Å². The summed E-state index contributed by atoms with van der Waals surface area (Å²) in [6.45, 7) is 2.14. The van der Waals surface area contributed by atoms with Gasteiger partial charge in [0.1, 0.15) is 29.1 Å². The van der Waals surface area contributed by atoms with E-state index in [1.54, 1.807) is 0 Å². The fourth-order valence-electron chi connectivity index (χ4n) is 4.19. The Bertz CT molecular complexity index is 2110. The lowest BCUT2D eigenvalue weighted by atomic mass is 10.1. The predicted molar refractivity (Wildman–Crippen MR) is 116 cm³/mol. The summed E-state index contributed by atoms with van der Waals surface area (Å²) in [5.41, 5.74) is -7.43. The topological polar surface area (TPSA) is 47.3 Å². The van der Waals surface area contributed by atoms with Crippen LogP contribution in [0.5, 0.6) is 0 Å². The molecule has 0 aliphatic heterocycles. The molecule has 4 aromatic rings. The first-order valence-electron chi connectivity index (χ1n) is 11.1. The maximum Gasteiger partial charge on any atom is 0.457 e. The van der Waals surface area contributed by atoms with Crippen LogP contribution in [0.25, 0.3) is 50.2 Å². The number of carbonyl (C=O) groups is 2. The van der Waals surface area contributed by atoms with Gasteiger partial charge < -0.3 is 4.42 Å². The molecule has 0 aliphatic carbocycles. The van der Waals surface area contributed by atoms with Gasteiger partial charge in [0, 0.05) is 10.8 Å². The van der Waals surface area contributed by atoms with Gasteiger partial charge in [-0.15, -0.1) is 0 Å². The van der Waals surface area contributed by atoms with Crippen molar-refractivity contribution < 1.29 is 93.0 Å². The number of alkyl halides is 9. The predicted octanol–water partition coefficient (Wildman–Crippen LogP) is 6.91. The lowest BCUT2D eigenvalue weighted by Gasteiger charge is -2.07. The van der Waals surface area contributed by atoms with E-state index in [1.807, 2.05) is 0 Å². The molecule has 21 heteroatoms. The number of Topliss-reactive ketones (excluding diaryl/α,β-unsaturated/α-hetero) is 2. The molecule has 4 rings (SSSR count). The van der Waals surface area contributed by atoms with E-state index in [-0.39, 0.29) is 0 Å². The number of hydrogen-bond donors (Lipinski definition) is 0. The summed E-state index contributed by atoms with van der Waals surface area (Å²) >= 11 is 0. The fraction of sp³-hybridized carbons (Fsp3) is 0.120. The molecular formula is C25H2F18O3. The summed E-state index contributed by atoms with van der Waals surface area (Å²) in [5.74, 6) is -34.5. The third-order valence-corrected chi connectivity index (χ3v) is 6.18. The Morgan fingerprint density at radius 2 is 0.739 bits per heavy atom. The zero-order chi connectivity index (χ0) is 35.3. The van der Waals surface area contributed by atoms with Crippen molar-refractivity contribution in [3.05, 3.63) is 62.7 Å². The highest BCUT2D eigenvalue weighted by Crippen LogP contribution is 2.40. The quantitative estimate of drug-likeness (QED) is 0.220. The molecule has 0 bridgehead atoms. The average Bonchev–Trinajstić information content (AvgIpc) is 3.35. The van der Waals surface area contributed by atoms with Crippen LogP contribution < -0.4 is 15.7 Å². The normalized spacial score (nSPS) is 15.2. The molecule has 0 fully saturated rings. The molecule has 3 aromatic carbocycles. The first kappa shape index (κ1) is 34.2. The van der Waals surface area contributed by atoms with Crippen LogP contribution in [0.15, 0.2) is 16.6 Å². The van der Waals surface area contributed by atoms with E-state index < -0.39 is 136 Å². The van der Waals surface area contributed by atoms with E-state index in [2.05, 4.69) is 11.0 Å². The Hall–Kier alpha value is -4.72. The summed E-state index contributed by atoms with van der Waals surface area (Å²) in [7, 11) is 0. The molecule has 0 radical (unpaired) electrons. The van der Waals surface area contributed by atoms with Crippen molar-refractivity contribution in [1.82, 2.24) is 0 Å². The zero-order valence-corrected chi connectivity index (χ0v) is 20.7. The second kappa shape index (κ2) is 10.4. The number of rotatable bonds is 3. The van der Waals surface area contributed by atoms with Gasteiger partial charge in [0.15, 0.2) is 34.5 Å². The number of allylic oxidation sites excluding steroid dienone is 1. The second-order valence-electron chi connectivity index (χ2n) is 8.84. The number of hydrogen-bond acceptors (Lipinski definition) is 3. The van der Waals surface area contributed by atoms with Gasteiger partial charge in [0.05, 0.1) is 32.0 Å². The van der Waals surface area contributed by atoms with Crippen molar-refractivity contribution in [1.29, 1.82) is 0 Å². The van der Waals surface area contributed by atoms with Crippen LogP contribution in [0, 0.1) is 34.9 Å². The van der Waals surface area contributed by atoms with Crippen LogP contribution in [-0.4, -0.2) is 30.1 Å². The largest absolute Gasteiger partial charge is 0.457 e. The molecule has 0 N–H and O–H groups in total. The molecule has 46 heavy (non-hydrogen) atoms. The highest BCUT2D eigenvalue weighted by atomic mass is 19.4. The lowest BCUT2D eigenvalue weighted by molar-refractivity contribution is -0.165. The van der Waals surface area contributed by atoms with E-state index in [1.165, 1.54) is 0 Å². The molecule has 0 saturated heterocycles. The fourth-order valence-corrected chi connectivity index (χ4v) is 4.19. The van der Waals surface area contributed by atoms with E-state index in [9.17, 15) is 62.3 Å². The smallest absolute Gasteiger partial charge is 0.450 e. The van der Waals surface area contributed by atoms with Crippen LogP contribution in [0.1, 0.15) is 0 Å². The van der Waals surface area contributed by atoms with Gasteiger partial charge in [-0.3, -0.25) is 9.59 Å². The van der Waals surface area contributed by atoms with E-state index in [0.717, 1.165) is 0 Å². The molecule has 1 heterocycles. The van der Waals surface area contributed by atoms with Gasteiger partial charge in [-0.25, -0.2) is 39.5 Å². The van der Waals surface area contributed by atoms with Gasteiger partial charge in [-0.2, -0.15) is 39.5 Å². The molecule has 0 aliphatic rings. The highest BCUT2D eigenvalue weighted by molar-refractivity contribution is 6.20. The van der Waals surface area contributed by atoms with Gasteiger partial charge in [0.2, 0.25) is 0 Å². The summed E-state index contributed by atoms with van der Waals surface area (Å²) in [5, 5.41) is -17.2. The maximum atomic E-state index is 15.6. The zero-order valence-electron chi connectivity index (χ0n) is 20.7. The van der Waals surface area contributed by atoms with Gasteiger partial charge in [-0.05, 0) is 0 Å². The summed E-state index contributed by atoms with van der Waals surface area (Å²) in [6, 6.07) is 0. The SMILES string of the molecule is C=C(/C(F)=c1/c(F)c2c3c(F)/c(=C(/F)C(=O)C(F)(F)F)c(F)c3oc3c(F)/c(=C(/F)C(=O)C(F)(F)F)c(F)c3c2c1F)C(F)(F)F. The summed E-state index contributed by atoms with van der Waals surface area (Å²) in [6.07, 6.45) is -18.4. The first-order valence-corrected chi connectivity index (χ1v) is 11.1. The lowest BCUT2D eigenvalue weighted by Crippen LogP contribution is -2.27. The van der Waals surface area contributed by atoms with Crippen molar-refractivity contribution in [2.24, 2.45) is 0 Å². The summed E-state index contributed by atoms with van der Waals surface area (Å²) < 4.78 is 256. The first-order chi connectivity index (χ1) is 20.8. The number of ketones is 2. The molecule has 0 amide bonds. The Morgan fingerprint density at radius 1 is 0.457 bits per heavy atom. The number of halogens is 18. The third-order valence-electron chi connectivity index (χ3n) is 6.18. The van der Waals surface area contributed by atoms with Crippen molar-refractivity contribution in [2.45, 2.75) is 18.5 Å². The molecular weight excluding hydrogens is 690 g/mol. The van der Waals surface area contributed by atoms with Crippen LogP contribution >= 0.6 is 0 Å². The minimum atomic E-state index is -6.24. The van der Waals surface area contributed by atoms with E-state index >= 15 is 26.3 Å². The van der Waals surface area contributed by atoms with Crippen LogP contribution in [0.3, 0.4) is 0 Å². The Balaban J connectivity index is 2.53. The van der Waals surface area contributed by atoms with Crippen molar-refractivity contribution in [2.75, 3.05) is 0 Å². The maximum absolute atomic E-state index is 15.6. The minimum Gasteiger partial charge on any atom is -0.450 e. The van der Waals surface area contributed by atoms with Crippen molar-refractivity contribution in [3.8, 4) is 0 Å². The molecule has 0 atom stereocenters. The molecule has 1 aromatic heterocycles. The Labute approximate surface area is 236 Å². The monoisotopic (exact) mass is 692 g/mol. The van der Waals surface area contributed by atoms with E-state index in [0.29, 0.717) is 0 Å². The minimum absolute atomic E-state index is 2.14. The van der Waals surface area contributed by atoms with Gasteiger partial charge >= 0.3 is 18.5 Å². The molecule has 3 nitrogen and oxygen atoms in total. The molecule has 0 saturated carbocycles. The number of carbonyl (C=O) groups excluding carboxylic acids is 2. The van der Waals surface area contributed by atoms with Gasteiger partial charge in [0.25, 0.3) is 11.6 Å². The Kier molecular flexibility index (Phi) is 7.73. The molecule has 246 valence electrons. The molecule has 0 unspecified atom stereocenters.